The third-order valence-electron chi connectivity index (χ3n) is 4.19. The number of hydrogen-bond acceptors (Lipinski definition) is 5. The number of fused-ring (bicyclic) bond motifs is 1. The van der Waals surface area contributed by atoms with Crippen LogP contribution in [0.1, 0.15) is 12.5 Å². The molecule has 2 N–H and O–H groups in total. The molecule has 138 valence electrons. The van der Waals surface area contributed by atoms with Crippen LogP contribution in [-0.2, 0) is 20.6 Å². The smallest absolute Gasteiger partial charge is 0.332 e. The molecular weight excluding hydrogens is 402 g/mol. The first-order chi connectivity index (χ1) is 12.3. The van der Waals surface area contributed by atoms with Gasteiger partial charge in [0.25, 0.3) is 5.56 Å². The van der Waals surface area contributed by atoms with E-state index in [1.54, 1.807) is 18.5 Å². The van der Waals surface area contributed by atoms with E-state index in [1.165, 1.54) is 11.6 Å². The molecule has 1 atom stereocenters. The minimum Gasteiger partial charge on any atom is -0.392 e. The highest BCUT2D eigenvalue weighted by Gasteiger charge is 2.20. The van der Waals surface area contributed by atoms with Crippen LogP contribution in [0, 0.1) is 0 Å². The second-order valence-electron chi connectivity index (χ2n) is 6.22. The Labute approximate surface area is 157 Å². The number of nitrogens with one attached hydrogen (secondary N) is 1. The number of imidazole rings is 1. The van der Waals surface area contributed by atoms with Gasteiger partial charge >= 0.3 is 5.69 Å². The molecule has 0 aliphatic carbocycles. The summed E-state index contributed by atoms with van der Waals surface area (Å²) in [5.41, 5.74) is 0.752. The van der Waals surface area contributed by atoms with Crippen LogP contribution in [0.25, 0.3) is 11.2 Å². The minimum atomic E-state index is -0.585. The molecule has 2 aromatic heterocycles. The van der Waals surface area contributed by atoms with Crippen LogP contribution in [0.4, 0.5) is 5.95 Å². The Morgan fingerprint density at radius 1 is 1.23 bits per heavy atom. The van der Waals surface area contributed by atoms with E-state index < -0.39 is 17.4 Å². The Morgan fingerprint density at radius 3 is 2.58 bits per heavy atom. The van der Waals surface area contributed by atoms with Gasteiger partial charge in [-0.15, -0.1) is 0 Å². The SMILES string of the molecule is C[C@@H](O)CNc1nc2c(c(=O)n(C)c(=O)n2C)n1Cc1ccccc1Br. The molecule has 0 spiro atoms. The van der Waals surface area contributed by atoms with Gasteiger partial charge in [0.2, 0.25) is 5.95 Å². The largest absolute Gasteiger partial charge is 0.392 e. The fourth-order valence-electron chi connectivity index (χ4n) is 2.77. The maximum atomic E-state index is 12.7. The molecule has 3 aromatic rings. The monoisotopic (exact) mass is 421 g/mol. The average Bonchev–Trinajstić information content (AvgIpc) is 2.97. The van der Waals surface area contributed by atoms with Crippen LogP contribution in [-0.4, -0.2) is 36.4 Å². The summed E-state index contributed by atoms with van der Waals surface area (Å²) in [6.45, 7) is 2.31. The van der Waals surface area contributed by atoms with Gasteiger partial charge < -0.3 is 10.4 Å². The van der Waals surface area contributed by atoms with Gasteiger partial charge in [-0.25, -0.2) is 4.79 Å². The molecule has 0 aliphatic rings. The number of hydrogen-bond donors (Lipinski definition) is 2. The van der Waals surface area contributed by atoms with Gasteiger partial charge in [0.1, 0.15) is 0 Å². The first kappa shape index (κ1) is 18.4. The Morgan fingerprint density at radius 2 is 1.92 bits per heavy atom. The number of benzene rings is 1. The van der Waals surface area contributed by atoms with Crippen molar-refractivity contribution in [2.24, 2.45) is 14.1 Å². The molecule has 8 nitrogen and oxygen atoms in total. The van der Waals surface area contributed by atoms with Crippen LogP contribution in [0.5, 0.6) is 0 Å². The zero-order valence-electron chi connectivity index (χ0n) is 14.7. The quantitative estimate of drug-likeness (QED) is 0.641. The average molecular weight is 422 g/mol. The molecule has 0 aliphatic heterocycles. The number of aliphatic hydroxyl groups is 1. The van der Waals surface area contributed by atoms with Crippen LogP contribution >= 0.6 is 15.9 Å². The van der Waals surface area contributed by atoms with Crippen molar-refractivity contribution in [2.45, 2.75) is 19.6 Å². The molecule has 3 rings (SSSR count). The van der Waals surface area contributed by atoms with Crippen molar-refractivity contribution >= 4 is 33.0 Å². The van der Waals surface area contributed by atoms with E-state index in [0.29, 0.717) is 23.7 Å². The lowest BCUT2D eigenvalue weighted by molar-refractivity contribution is 0.208. The first-order valence-electron chi connectivity index (χ1n) is 8.12. The molecule has 0 saturated carbocycles. The summed E-state index contributed by atoms with van der Waals surface area (Å²) in [5.74, 6) is 0.426. The summed E-state index contributed by atoms with van der Waals surface area (Å²) in [4.78, 5) is 29.4. The third-order valence-corrected chi connectivity index (χ3v) is 4.96. The van der Waals surface area contributed by atoms with E-state index in [-0.39, 0.29) is 6.54 Å². The highest BCUT2D eigenvalue weighted by atomic mass is 79.9. The number of nitrogens with zero attached hydrogens (tertiary/aromatic N) is 4. The van der Waals surface area contributed by atoms with E-state index in [4.69, 9.17) is 0 Å². The van der Waals surface area contributed by atoms with Gasteiger partial charge in [0, 0.05) is 25.1 Å². The zero-order valence-corrected chi connectivity index (χ0v) is 16.3. The van der Waals surface area contributed by atoms with Crippen molar-refractivity contribution in [3.05, 3.63) is 55.1 Å². The van der Waals surface area contributed by atoms with Crippen molar-refractivity contribution in [1.82, 2.24) is 18.7 Å². The summed E-state index contributed by atoms with van der Waals surface area (Å²) >= 11 is 3.52. The Bertz CT molecular complexity index is 1080. The number of anilines is 1. The van der Waals surface area contributed by atoms with Crippen LogP contribution < -0.4 is 16.6 Å². The van der Waals surface area contributed by atoms with Crippen LogP contribution in [0.2, 0.25) is 0 Å². The van der Waals surface area contributed by atoms with E-state index in [2.05, 4.69) is 26.2 Å². The van der Waals surface area contributed by atoms with Crippen LogP contribution in [0.3, 0.4) is 0 Å². The van der Waals surface area contributed by atoms with Gasteiger partial charge in [-0.05, 0) is 18.6 Å². The second-order valence-corrected chi connectivity index (χ2v) is 7.08. The summed E-state index contributed by atoms with van der Waals surface area (Å²) in [6.07, 6.45) is -0.585. The fraction of sp³-hybridized carbons (Fsp3) is 0.353. The van der Waals surface area contributed by atoms with Gasteiger partial charge in [-0.3, -0.25) is 18.5 Å². The van der Waals surface area contributed by atoms with Gasteiger partial charge in [0.15, 0.2) is 11.2 Å². The first-order valence-corrected chi connectivity index (χ1v) is 8.92. The van der Waals surface area contributed by atoms with Gasteiger partial charge in [0.05, 0.1) is 12.6 Å². The van der Waals surface area contributed by atoms with E-state index in [0.717, 1.165) is 14.6 Å². The highest BCUT2D eigenvalue weighted by Crippen LogP contribution is 2.22. The topological polar surface area (TPSA) is 94.1 Å². The number of aryl methyl sites for hydroxylation is 1. The lowest BCUT2D eigenvalue weighted by atomic mass is 10.2. The molecule has 0 unspecified atom stereocenters. The lowest BCUT2D eigenvalue weighted by Crippen LogP contribution is -2.37. The number of halogens is 1. The zero-order chi connectivity index (χ0) is 19.0. The van der Waals surface area contributed by atoms with E-state index in [1.807, 2.05) is 24.3 Å². The standard InChI is InChI=1S/C17H20BrN5O3/c1-10(24)8-19-16-20-14-13(15(25)22(3)17(26)21(14)2)23(16)9-11-6-4-5-7-12(11)18/h4-7,10,24H,8-9H2,1-3H3,(H,19,20)/t10-/m1/s1. The Kier molecular flexibility index (Phi) is 5.01. The molecule has 1 aromatic carbocycles. The summed E-state index contributed by atoms with van der Waals surface area (Å²) in [6, 6.07) is 7.69. The number of aliphatic hydroxyl groups excluding tert-OH is 1. The highest BCUT2D eigenvalue weighted by molar-refractivity contribution is 9.10. The fourth-order valence-corrected chi connectivity index (χ4v) is 3.18. The van der Waals surface area contributed by atoms with Gasteiger partial charge in [-0.2, -0.15) is 4.98 Å². The summed E-state index contributed by atoms with van der Waals surface area (Å²) in [5, 5.41) is 12.6. The molecule has 0 amide bonds. The molecule has 0 radical (unpaired) electrons. The van der Waals surface area contributed by atoms with Crippen molar-refractivity contribution in [3.8, 4) is 0 Å². The molecule has 0 bridgehead atoms. The maximum Gasteiger partial charge on any atom is 0.332 e. The Balaban J connectivity index is 2.26. The maximum absolute atomic E-state index is 12.7. The third kappa shape index (κ3) is 3.19. The minimum absolute atomic E-state index is 0.271. The molecule has 26 heavy (non-hydrogen) atoms. The molecule has 0 saturated heterocycles. The second kappa shape index (κ2) is 7.08. The predicted molar refractivity (Wildman–Crippen MR) is 104 cm³/mol. The van der Waals surface area contributed by atoms with Crippen molar-refractivity contribution < 1.29 is 5.11 Å². The van der Waals surface area contributed by atoms with Crippen LogP contribution in [0.15, 0.2) is 38.3 Å². The summed E-state index contributed by atoms with van der Waals surface area (Å²) in [7, 11) is 3.03. The number of rotatable bonds is 5. The molecule has 9 heteroatoms. The van der Waals surface area contributed by atoms with E-state index >= 15 is 0 Å². The Hall–Kier alpha value is -2.39. The van der Waals surface area contributed by atoms with E-state index in [9.17, 15) is 14.7 Å². The van der Waals surface area contributed by atoms with Crippen molar-refractivity contribution in [3.63, 3.8) is 0 Å². The van der Waals surface area contributed by atoms with Gasteiger partial charge in [-0.1, -0.05) is 34.1 Å². The normalized spacial score (nSPS) is 12.5. The number of aromatic nitrogens is 4. The molecule has 0 fully saturated rings. The molecule has 2 heterocycles. The summed E-state index contributed by atoms with van der Waals surface area (Å²) < 4.78 is 5.06. The molecular formula is C17H20BrN5O3. The van der Waals surface area contributed by atoms with Crippen molar-refractivity contribution in [2.75, 3.05) is 11.9 Å². The lowest BCUT2D eigenvalue weighted by Gasteiger charge is -2.13. The van der Waals surface area contributed by atoms with Crippen molar-refractivity contribution in [1.29, 1.82) is 0 Å². The predicted octanol–water partition coefficient (Wildman–Crippen LogP) is 1.04.